The summed E-state index contributed by atoms with van der Waals surface area (Å²) in [5, 5.41) is 4.40. The van der Waals surface area contributed by atoms with Gasteiger partial charge in [-0.2, -0.15) is 5.10 Å². The molecule has 1 amide bonds. The lowest BCUT2D eigenvalue weighted by Crippen LogP contribution is -2.41. The van der Waals surface area contributed by atoms with E-state index in [0.29, 0.717) is 31.9 Å². The highest BCUT2D eigenvalue weighted by Gasteiger charge is 2.28. The van der Waals surface area contributed by atoms with Crippen LogP contribution in [0.3, 0.4) is 0 Å². The van der Waals surface area contributed by atoms with Crippen LogP contribution >= 0.6 is 0 Å². The normalized spacial score (nSPS) is 16.8. The number of hydrogen-bond acceptors (Lipinski definition) is 4. The Balaban J connectivity index is 1.79. The zero-order chi connectivity index (χ0) is 16.9. The number of aromatic nitrogens is 2. The molecule has 0 saturated carbocycles. The fraction of sp³-hybridized carbons (Fsp3) is 0.444. The first-order valence-corrected chi connectivity index (χ1v) is 8.26. The predicted octanol–water partition coefficient (Wildman–Crippen LogP) is 2.52. The molecule has 0 spiro atoms. The molecule has 1 atom stereocenters. The van der Waals surface area contributed by atoms with Crippen molar-refractivity contribution in [2.24, 2.45) is 0 Å². The summed E-state index contributed by atoms with van der Waals surface area (Å²) in [6.07, 6.45) is 2.62. The molecule has 6 heteroatoms. The van der Waals surface area contributed by atoms with E-state index in [1.54, 1.807) is 13.3 Å². The summed E-state index contributed by atoms with van der Waals surface area (Å²) < 4.78 is 12.7. The molecule has 128 valence electrons. The van der Waals surface area contributed by atoms with E-state index in [2.05, 4.69) is 5.10 Å². The van der Waals surface area contributed by atoms with Gasteiger partial charge in [0.25, 0.3) is 5.91 Å². The van der Waals surface area contributed by atoms with Crippen LogP contribution in [-0.2, 0) is 11.3 Å². The van der Waals surface area contributed by atoms with E-state index in [1.807, 2.05) is 46.8 Å². The Morgan fingerprint density at radius 2 is 2.25 bits per heavy atom. The quantitative estimate of drug-likeness (QED) is 0.817. The Bertz CT molecular complexity index is 698. The first kappa shape index (κ1) is 16.5. The second-order valence-electron chi connectivity index (χ2n) is 5.85. The topological polar surface area (TPSA) is 56.6 Å². The van der Waals surface area contributed by atoms with Gasteiger partial charge >= 0.3 is 0 Å². The first-order chi connectivity index (χ1) is 11.7. The Kier molecular flexibility index (Phi) is 5.15. The molecule has 1 aromatic carbocycles. The monoisotopic (exact) mass is 329 g/mol. The Labute approximate surface area is 142 Å². The average Bonchev–Trinajstić information content (AvgIpc) is 3.08. The number of benzene rings is 1. The van der Waals surface area contributed by atoms with Crippen molar-refractivity contribution in [2.75, 3.05) is 26.9 Å². The lowest BCUT2D eigenvalue weighted by atomic mass is 10.1. The van der Waals surface area contributed by atoms with Gasteiger partial charge in [0.05, 0.1) is 24.9 Å². The van der Waals surface area contributed by atoms with Crippen molar-refractivity contribution in [2.45, 2.75) is 25.9 Å². The SMILES string of the molecule is CCOc1cccc(C(=O)N2Cc3ccnn3C(CCOC)C2)c1. The minimum atomic E-state index is 0.0198. The summed E-state index contributed by atoms with van der Waals surface area (Å²) in [6, 6.07) is 9.48. The van der Waals surface area contributed by atoms with Gasteiger partial charge in [-0.1, -0.05) is 6.07 Å². The van der Waals surface area contributed by atoms with Crippen molar-refractivity contribution in [1.82, 2.24) is 14.7 Å². The van der Waals surface area contributed by atoms with Crippen LogP contribution < -0.4 is 4.74 Å². The molecule has 1 aromatic heterocycles. The second kappa shape index (κ2) is 7.49. The molecule has 0 bridgehead atoms. The van der Waals surface area contributed by atoms with E-state index >= 15 is 0 Å². The van der Waals surface area contributed by atoms with Gasteiger partial charge in [0, 0.05) is 32.0 Å². The maximum atomic E-state index is 12.9. The van der Waals surface area contributed by atoms with Gasteiger partial charge < -0.3 is 14.4 Å². The molecule has 0 saturated heterocycles. The number of rotatable bonds is 6. The molecule has 1 aliphatic rings. The van der Waals surface area contributed by atoms with Gasteiger partial charge in [0.1, 0.15) is 5.75 Å². The first-order valence-electron chi connectivity index (χ1n) is 8.26. The number of hydrogen-bond donors (Lipinski definition) is 0. The third-order valence-electron chi connectivity index (χ3n) is 4.22. The molecule has 6 nitrogen and oxygen atoms in total. The van der Waals surface area contributed by atoms with Crippen LogP contribution in [-0.4, -0.2) is 47.5 Å². The fourth-order valence-electron chi connectivity index (χ4n) is 3.08. The highest BCUT2D eigenvalue weighted by Crippen LogP contribution is 2.25. The Hall–Kier alpha value is -2.34. The van der Waals surface area contributed by atoms with E-state index in [4.69, 9.17) is 9.47 Å². The zero-order valence-electron chi connectivity index (χ0n) is 14.1. The van der Waals surface area contributed by atoms with Crippen molar-refractivity contribution >= 4 is 5.91 Å². The van der Waals surface area contributed by atoms with Crippen molar-refractivity contribution < 1.29 is 14.3 Å². The Morgan fingerprint density at radius 3 is 3.04 bits per heavy atom. The van der Waals surface area contributed by atoms with Crippen LogP contribution in [0, 0.1) is 0 Å². The minimum Gasteiger partial charge on any atom is -0.494 e. The maximum absolute atomic E-state index is 12.9. The van der Waals surface area contributed by atoms with E-state index in [-0.39, 0.29) is 11.9 Å². The second-order valence-corrected chi connectivity index (χ2v) is 5.85. The van der Waals surface area contributed by atoms with E-state index in [0.717, 1.165) is 17.9 Å². The predicted molar refractivity (Wildman–Crippen MR) is 90.1 cm³/mol. The summed E-state index contributed by atoms with van der Waals surface area (Å²) in [7, 11) is 1.69. The molecular formula is C18H23N3O3. The largest absolute Gasteiger partial charge is 0.494 e. The van der Waals surface area contributed by atoms with Crippen LogP contribution in [0.2, 0.25) is 0 Å². The molecule has 0 aliphatic carbocycles. The molecule has 2 aromatic rings. The van der Waals surface area contributed by atoms with Gasteiger partial charge in [-0.15, -0.1) is 0 Å². The van der Waals surface area contributed by atoms with Gasteiger partial charge in [0.2, 0.25) is 0 Å². The lowest BCUT2D eigenvalue weighted by Gasteiger charge is -2.34. The summed E-state index contributed by atoms with van der Waals surface area (Å²) >= 11 is 0. The standard InChI is InChI=1S/C18H23N3O3/c1-3-24-17-6-4-5-14(11-17)18(22)20-12-15-7-9-19-21(15)16(13-20)8-10-23-2/h4-7,9,11,16H,3,8,10,12-13H2,1-2H3. The van der Waals surface area contributed by atoms with E-state index in [9.17, 15) is 4.79 Å². The molecule has 24 heavy (non-hydrogen) atoms. The van der Waals surface area contributed by atoms with E-state index in [1.165, 1.54) is 0 Å². The lowest BCUT2D eigenvalue weighted by molar-refractivity contribution is 0.0641. The van der Waals surface area contributed by atoms with Crippen molar-refractivity contribution in [1.29, 1.82) is 0 Å². The van der Waals surface area contributed by atoms with Crippen molar-refractivity contribution in [3.05, 3.63) is 47.8 Å². The molecule has 1 aliphatic heterocycles. The highest BCUT2D eigenvalue weighted by atomic mass is 16.5. The molecule has 0 radical (unpaired) electrons. The third-order valence-corrected chi connectivity index (χ3v) is 4.22. The molecule has 0 fully saturated rings. The van der Waals surface area contributed by atoms with Gasteiger partial charge in [0.15, 0.2) is 0 Å². The summed E-state index contributed by atoms with van der Waals surface area (Å²) in [4.78, 5) is 14.8. The molecule has 0 N–H and O–H groups in total. The van der Waals surface area contributed by atoms with Crippen LogP contribution in [0.1, 0.15) is 35.4 Å². The van der Waals surface area contributed by atoms with Gasteiger partial charge in [-0.25, -0.2) is 0 Å². The van der Waals surface area contributed by atoms with Crippen LogP contribution in [0.15, 0.2) is 36.5 Å². The van der Waals surface area contributed by atoms with Crippen molar-refractivity contribution in [3.63, 3.8) is 0 Å². The molecule has 3 rings (SSSR count). The van der Waals surface area contributed by atoms with Gasteiger partial charge in [-0.3, -0.25) is 9.48 Å². The van der Waals surface area contributed by atoms with Crippen molar-refractivity contribution in [3.8, 4) is 5.75 Å². The summed E-state index contributed by atoms with van der Waals surface area (Å²) in [6.45, 7) is 4.36. The number of amides is 1. The third kappa shape index (κ3) is 3.43. The van der Waals surface area contributed by atoms with Crippen LogP contribution in [0.5, 0.6) is 5.75 Å². The Morgan fingerprint density at radius 1 is 1.38 bits per heavy atom. The molecule has 2 heterocycles. The number of carbonyl (C=O) groups excluding carboxylic acids is 1. The highest BCUT2D eigenvalue weighted by molar-refractivity contribution is 5.94. The minimum absolute atomic E-state index is 0.0198. The number of fused-ring (bicyclic) bond motifs is 1. The van der Waals surface area contributed by atoms with Gasteiger partial charge in [-0.05, 0) is 37.6 Å². The zero-order valence-corrected chi connectivity index (χ0v) is 14.1. The number of ether oxygens (including phenoxy) is 2. The number of methoxy groups -OCH3 is 1. The smallest absolute Gasteiger partial charge is 0.254 e. The van der Waals surface area contributed by atoms with Crippen LogP contribution in [0.25, 0.3) is 0 Å². The average molecular weight is 329 g/mol. The number of nitrogens with zero attached hydrogens (tertiary/aromatic N) is 3. The fourth-order valence-corrected chi connectivity index (χ4v) is 3.08. The summed E-state index contributed by atoms with van der Waals surface area (Å²) in [5.41, 5.74) is 1.70. The molecular weight excluding hydrogens is 306 g/mol. The maximum Gasteiger partial charge on any atom is 0.254 e. The van der Waals surface area contributed by atoms with Crippen LogP contribution in [0.4, 0.5) is 0 Å². The summed E-state index contributed by atoms with van der Waals surface area (Å²) in [5.74, 6) is 0.743. The number of carbonyl (C=O) groups is 1. The van der Waals surface area contributed by atoms with E-state index < -0.39 is 0 Å². The molecule has 1 unspecified atom stereocenters.